The Balaban J connectivity index is 2.16. The molecule has 0 amide bonds. The number of halogens is 2. The zero-order chi connectivity index (χ0) is 14.7. The van der Waals surface area contributed by atoms with Crippen LogP contribution in [-0.4, -0.2) is 4.92 Å². The molecule has 0 heterocycles. The fourth-order valence-electron chi connectivity index (χ4n) is 1.80. The van der Waals surface area contributed by atoms with Gasteiger partial charge in [-0.25, -0.2) is 4.39 Å². The van der Waals surface area contributed by atoms with Gasteiger partial charge in [-0.2, -0.15) is 0 Å². The Morgan fingerprint density at radius 2 is 2.05 bits per heavy atom. The third-order valence-electron chi connectivity index (χ3n) is 2.76. The standard InChI is InChI=1S/C14H12BrFN2O2/c1-9-2-3-14(13(15)4-9)17-8-10-5-11(16)7-12(6-10)18(19)20/h2-7,17H,8H2,1H3. The van der Waals surface area contributed by atoms with E-state index in [1.807, 2.05) is 25.1 Å². The summed E-state index contributed by atoms with van der Waals surface area (Å²) < 4.78 is 14.2. The Bertz CT molecular complexity index is 662. The summed E-state index contributed by atoms with van der Waals surface area (Å²) in [4.78, 5) is 10.1. The van der Waals surface area contributed by atoms with Crippen LogP contribution < -0.4 is 5.32 Å². The van der Waals surface area contributed by atoms with Gasteiger partial charge in [0.05, 0.1) is 11.0 Å². The summed E-state index contributed by atoms with van der Waals surface area (Å²) in [6.45, 7) is 2.28. The number of benzene rings is 2. The van der Waals surface area contributed by atoms with Crippen molar-refractivity contribution in [2.24, 2.45) is 0 Å². The molecule has 0 atom stereocenters. The number of nitro benzene ring substituents is 1. The zero-order valence-corrected chi connectivity index (χ0v) is 12.3. The topological polar surface area (TPSA) is 55.2 Å². The number of nitrogens with zero attached hydrogens (tertiary/aromatic N) is 1. The molecule has 0 aliphatic heterocycles. The molecule has 0 radical (unpaired) electrons. The van der Waals surface area contributed by atoms with Crippen LogP contribution in [0.2, 0.25) is 0 Å². The van der Waals surface area contributed by atoms with Gasteiger partial charge in [0.2, 0.25) is 0 Å². The van der Waals surface area contributed by atoms with Gasteiger partial charge in [-0.15, -0.1) is 0 Å². The number of nitro groups is 1. The lowest BCUT2D eigenvalue weighted by Gasteiger charge is -2.09. The summed E-state index contributed by atoms with van der Waals surface area (Å²) in [5, 5.41) is 13.8. The Labute approximate surface area is 123 Å². The lowest BCUT2D eigenvalue weighted by Crippen LogP contribution is -2.02. The molecule has 104 valence electrons. The number of nitrogens with one attached hydrogen (secondary N) is 1. The minimum atomic E-state index is -0.612. The highest BCUT2D eigenvalue weighted by atomic mass is 79.9. The molecule has 0 aromatic heterocycles. The quantitative estimate of drug-likeness (QED) is 0.663. The second-order valence-electron chi connectivity index (χ2n) is 4.41. The molecular weight excluding hydrogens is 327 g/mol. The minimum Gasteiger partial charge on any atom is -0.380 e. The van der Waals surface area contributed by atoms with Crippen molar-refractivity contribution in [3.05, 3.63) is 67.9 Å². The molecule has 4 nitrogen and oxygen atoms in total. The molecule has 0 aliphatic carbocycles. The fraction of sp³-hybridized carbons (Fsp3) is 0.143. The number of non-ortho nitro benzene ring substituents is 1. The van der Waals surface area contributed by atoms with E-state index in [0.717, 1.165) is 21.8 Å². The number of anilines is 1. The van der Waals surface area contributed by atoms with Gasteiger partial charge < -0.3 is 5.32 Å². The largest absolute Gasteiger partial charge is 0.380 e. The van der Waals surface area contributed by atoms with Crippen molar-refractivity contribution in [3.63, 3.8) is 0 Å². The molecule has 2 aromatic rings. The maximum absolute atomic E-state index is 13.3. The summed E-state index contributed by atoms with van der Waals surface area (Å²) in [7, 11) is 0. The van der Waals surface area contributed by atoms with Crippen molar-refractivity contribution < 1.29 is 9.31 Å². The summed E-state index contributed by atoms with van der Waals surface area (Å²) in [6, 6.07) is 9.34. The number of hydrogen-bond donors (Lipinski definition) is 1. The predicted octanol–water partition coefficient (Wildman–Crippen LogP) is 4.42. The smallest absolute Gasteiger partial charge is 0.272 e. The first-order chi connectivity index (χ1) is 9.45. The van der Waals surface area contributed by atoms with Crippen molar-refractivity contribution in [2.75, 3.05) is 5.32 Å². The van der Waals surface area contributed by atoms with Gasteiger partial charge in [0.1, 0.15) is 5.82 Å². The SMILES string of the molecule is Cc1ccc(NCc2cc(F)cc([N+](=O)[O-])c2)c(Br)c1. The first-order valence-corrected chi connectivity index (χ1v) is 6.69. The Hall–Kier alpha value is -1.95. The Kier molecular flexibility index (Phi) is 4.34. The average molecular weight is 339 g/mol. The first-order valence-electron chi connectivity index (χ1n) is 5.89. The van der Waals surface area contributed by atoms with Crippen molar-refractivity contribution in [3.8, 4) is 0 Å². The number of hydrogen-bond acceptors (Lipinski definition) is 3. The molecule has 0 aliphatic rings. The van der Waals surface area contributed by atoms with Crippen LogP contribution in [-0.2, 0) is 6.54 Å². The molecule has 6 heteroatoms. The molecular formula is C14H12BrFN2O2. The van der Waals surface area contributed by atoms with Crippen LogP contribution in [0.25, 0.3) is 0 Å². The molecule has 0 fully saturated rings. The highest BCUT2D eigenvalue weighted by molar-refractivity contribution is 9.10. The number of aryl methyl sites for hydroxylation is 1. The van der Waals surface area contributed by atoms with E-state index < -0.39 is 10.7 Å². The van der Waals surface area contributed by atoms with Crippen molar-refractivity contribution >= 4 is 27.3 Å². The van der Waals surface area contributed by atoms with E-state index in [0.29, 0.717) is 12.1 Å². The zero-order valence-electron chi connectivity index (χ0n) is 10.7. The molecule has 0 spiro atoms. The molecule has 1 N–H and O–H groups in total. The summed E-state index contributed by atoms with van der Waals surface area (Å²) in [5.41, 5.74) is 2.24. The monoisotopic (exact) mass is 338 g/mol. The third kappa shape index (κ3) is 3.54. The van der Waals surface area contributed by atoms with E-state index in [1.165, 1.54) is 12.1 Å². The molecule has 0 saturated carbocycles. The molecule has 0 saturated heterocycles. The van der Waals surface area contributed by atoms with Crippen molar-refractivity contribution in [1.82, 2.24) is 0 Å². The van der Waals surface area contributed by atoms with Crippen molar-refractivity contribution in [2.45, 2.75) is 13.5 Å². The average Bonchev–Trinajstić information content (AvgIpc) is 2.37. The Morgan fingerprint density at radius 1 is 1.30 bits per heavy atom. The maximum atomic E-state index is 13.3. The van der Waals surface area contributed by atoms with Gasteiger partial charge in [-0.05, 0) is 52.2 Å². The van der Waals surface area contributed by atoms with Gasteiger partial charge in [-0.3, -0.25) is 10.1 Å². The summed E-state index contributed by atoms with van der Waals surface area (Å²) >= 11 is 3.43. The lowest BCUT2D eigenvalue weighted by atomic mass is 10.2. The summed E-state index contributed by atoms with van der Waals surface area (Å²) in [6.07, 6.45) is 0. The molecule has 0 bridgehead atoms. The Morgan fingerprint density at radius 3 is 2.70 bits per heavy atom. The van der Waals surface area contributed by atoms with E-state index in [9.17, 15) is 14.5 Å². The molecule has 20 heavy (non-hydrogen) atoms. The van der Waals surface area contributed by atoms with Gasteiger partial charge in [0, 0.05) is 22.8 Å². The number of rotatable bonds is 4. The van der Waals surface area contributed by atoms with Crippen LogP contribution in [0.1, 0.15) is 11.1 Å². The molecule has 0 unspecified atom stereocenters. The van der Waals surface area contributed by atoms with Gasteiger partial charge in [-0.1, -0.05) is 6.07 Å². The fourth-order valence-corrected chi connectivity index (χ4v) is 2.44. The predicted molar refractivity (Wildman–Crippen MR) is 79.3 cm³/mol. The highest BCUT2D eigenvalue weighted by Crippen LogP contribution is 2.24. The van der Waals surface area contributed by atoms with Crippen LogP contribution in [0.15, 0.2) is 40.9 Å². The van der Waals surface area contributed by atoms with Crippen molar-refractivity contribution in [1.29, 1.82) is 0 Å². The normalized spacial score (nSPS) is 10.3. The molecule has 2 aromatic carbocycles. The van der Waals surface area contributed by atoms with Gasteiger partial charge in [0.15, 0.2) is 0 Å². The third-order valence-corrected chi connectivity index (χ3v) is 3.42. The van der Waals surface area contributed by atoms with E-state index in [2.05, 4.69) is 21.2 Å². The van der Waals surface area contributed by atoms with Crippen LogP contribution in [0.4, 0.5) is 15.8 Å². The minimum absolute atomic E-state index is 0.246. The second-order valence-corrected chi connectivity index (χ2v) is 5.27. The van der Waals surface area contributed by atoms with Crippen LogP contribution in [0.3, 0.4) is 0 Å². The molecule has 2 rings (SSSR count). The van der Waals surface area contributed by atoms with E-state index in [-0.39, 0.29) is 5.69 Å². The van der Waals surface area contributed by atoms with Gasteiger partial charge in [0.25, 0.3) is 5.69 Å². The van der Waals surface area contributed by atoms with Crippen LogP contribution in [0, 0.1) is 22.9 Å². The van der Waals surface area contributed by atoms with Crippen LogP contribution >= 0.6 is 15.9 Å². The second kappa shape index (κ2) is 6.00. The van der Waals surface area contributed by atoms with E-state index in [1.54, 1.807) is 0 Å². The van der Waals surface area contributed by atoms with Gasteiger partial charge >= 0.3 is 0 Å². The lowest BCUT2D eigenvalue weighted by molar-refractivity contribution is -0.385. The summed E-state index contributed by atoms with van der Waals surface area (Å²) in [5.74, 6) is -0.612. The maximum Gasteiger partial charge on any atom is 0.272 e. The highest BCUT2D eigenvalue weighted by Gasteiger charge is 2.10. The van der Waals surface area contributed by atoms with E-state index in [4.69, 9.17) is 0 Å². The first kappa shape index (κ1) is 14.5. The van der Waals surface area contributed by atoms with E-state index >= 15 is 0 Å². The van der Waals surface area contributed by atoms with Crippen LogP contribution in [0.5, 0.6) is 0 Å².